The van der Waals surface area contributed by atoms with E-state index in [9.17, 15) is 19.5 Å². The van der Waals surface area contributed by atoms with E-state index < -0.39 is 30.3 Å². The number of hydrogen-bond acceptors (Lipinski definition) is 8. The zero-order valence-corrected chi connectivity index (χ0v) is 21.3. The van der Waals surface area contributed by atoms with Gasteiger partial charge >= 0.3 is 5.82 Å². The topological polar surface area (TPSA) is 159 Å². The Morgan fingerprint density at radius 2 is 1.86 bits per heavy atom. The van der Waals surface area contributed by atoms with Crippen LogP contribution in [-0.4, -0.2) is 53.2 Å². The Morgan fingerprint density at radius 1 is 1.24 bits per heavy atom. The van der Waals surface area contributed by atoms with Gasteiger partial charge in [-0.05, 0) is 67.8 Å². The summed E-state index contributed by atoms with van der Waals surface area (Å²) in [6.07, 6.45) is 0.00452. The molecular weight excluding hydrogens is 727 g/mol. The molecule has 158 valence electrons. The van der Waals surface area contributed by atoms with Gasteiger partial charge in [0.2, 0.25) is 0 Å². The lowest BCUT2D eigenvalue weighted by molar-refractivity contribution is 0.0519. The number of halogens is 3. The molecule has 0 saturated carbocycles. The summed E-state index contributed by atoms with van der Waals surface area (Å²) in [4.78, 5) is 37.9. The van der Waals surface area contributed by atoms with Crippen LogP contribution in [0, 0.1) is 10.7 Å². The van der Waals surface area contributed by atoms with Crippen LogP contribution in [0.25, 0.3) is 0 Å². The Hall–Kier alpha value is -0.920. The van der Waals surface area contributed by atoms with Crippen molar-refractivity contribution in [1.29, 1.82) is 0 Å². The molecule has 0 saturated heterocycles. The molecule has 1 unspecified atom stereocenters. The van der Waals surface area contributed by atoms with Gasteiger partial charge in [-0.1, -0.05) is 0 Å². The first-order valence-electron chi connectivity index (χ1n) is 7.94. The van der Waals surface area contributed by atoms with Crippen molar-refractivity contribution in [2.24, 2.45) is 0 Å². The minimum absolute atomic E-state index is 0.0888. The van der Waals surface area contributed by atoms with E-state index in [0.717, 1.165) is 6.26 Å². The van der Waals surface area contributed by atoms with E-state index in [0.29, 0.717) is 10.7 Å². The molecule has 10 nitrogen and oxygen atoms in total. The van der Waals surface area contributed by atoms with Crippen LogP contribution >= 0.6 is 67.8 Å². The Bertz CT molecular complexity index is 989. The molecular formula is C16H16I3N3O7. The van der Waals surface area contributed by atoms with E-state index in [1.165, 1.54) is 11.9 Å². The highest BCUT2D eigenvalue weighted by atomic mass is 127. The summed E-state index contributed by atoms with van der Waals surface area (Å²) in [7, 11) is 1.47. The van der Waals surface area contributed by atoms with E-state index in [2.05, 4.69) is 9.73 Å². The zero-order chi connectivity index (χ0) is 21.9. The number of carbonyl (C=O) groups excluding carboxylic acids is 2. The molecule has 0 aliphatic carbocycles. The zero-order valence-electron chi connectivity index (χ0n) is 14.9. The molecule has 0 bridgehead atoms. The second-order valence-corrected chi connectivity index (χ2v) is 9.10. The molecule has 0 spiro atoms. The highest BCUT2D eigenvalue weighted by Gasteiger charge is 2.28. The Labute approximate surface area is 205 Å². The summed E-state index contributed by atoms with van der Waals surface area (Å²) in [5, 5.41) is 21.2. The van der Waals surface area contributed by atoms with Crippen molar-refractivity contribution in [3.8, 4) is 0 Å². The molecule has 1 aromatic carbocycles. The summed E-state index contributed by atoms with van der Waals surface area (Å²) in [5.74, 6) is -1.71. The highest BCUT2D eigenvalue weighted by molar-refractivity contribution is 14.1. The first kappa shape index (κ1) is 24.4. The third-order valence-corrected chi connectivity index (χ3v) is 7.08. The van der Waals surface area contributed by atoms with Crippen molar-refractivity contribution in [1.82, 2.24) is 10.2 Å². The third kappa shape index (κ3) is 5.61. The summed E-state index contributed by atoms with van der Waals surface area (Å²) in [6.45, 7) is -0.665. The molecule has 1 aromatic heterocycles. The smallest absolute Gasteiger partial charge is 0.399 e. The van der Waals surface area contributed by atoms with Gasteiger partial charge in [0.05, 0.1) is 43.2 Å². The minimum atomic E-state index is -1.09. The number of nitrogens with two attached hydrogens (primary N) is 1. The van der Waals surface area contributed by atoms with Gasteiger partial charge in [-0.25, -0.2) is 4.79 Å². The number of aliphatic hydroxyl groups excluding tert-OH is 2. The van der Waals surface area contributed by atoms with Crippen LogP contribution in [0.4, 0.5) is 5.69 Å². The Kier molecular flexibility index (Phi) is 8.73. The van der Waals surface area contributed by atoms with Crippen LogP contribution in [0.3, 0.4) is 0 Å². The molecule has 1 atom stereocenters. The first-order valence-corrected chi connectivity index (χ1v) is 11.2. The van der Waals surface area contributed by atoms with Crippen molar-refractivity contribution < 1.29 is 28.6 Å². The fourth-order valence-electron chi connectivity index (χ4n) is 2.32. The summed E-state index contributed by atoms with van der Waals surface area (Å²) < 4.78 is 10.6. The maximum atomic E-state index is 12.9. The van der Waals surface area contributed by atoms with E-state index in [1.54, 1.807) is 0 Å². The van der Waals surface area contributed by atoms with Gasteiger partial charge in [-0.15, -0.1) is 0 Å². The van der Waals surface area contributed by atoms with Crippen LogP contribution in [0.1, 0.15) is 26.5 Å². The number of likely N-dealkylation sites (N-methyl/N-ethyl adjacent to an activating group) is 1. The number of carbonyl (C=O) groups is 2. The van der Waals surface area contributed by atoms with Gasteiger partial charge < -0.3 is 35.0 Å². The molecule has 29 heavy (non-hydrogen) atoms. The highest BCUT2D eigenvalue weighted by Crippen LogP contribution is 2.34. The fraction of sp³-hybridized carbons (Fsp3) is 0.312. The standard InChI is InChI=1S/C16H16I3N3O7/c1-22(3-6(24)4-23)15(26)9-10(17)8(11(18)13(20)12(9)19)14(25)21-2-7-5-28-16(27)29-7/h5-6,23-24H,2-4,20H2,1H3,(H,21,25). The Morgan fingerprint density at radius 3 is 2.41 bits per heavy atom. The minimum Gasteiger partial charge on any atom is -0.399 e. The number of aliphatic hydroxyl groups is 2. The number of anilines is 1. The molecule has 0 aliphatic heterocycles. The Balaban J connectivity index is 2.39. The van der Waals surface area contributed by atoms with Crippen molar-refractivity contribution in [3.63, 3.8) is 0 Å². The lowest BCUT2D eigenvalue weighted by Crippen LogP contribution is -2.37. The molecule has 13 heteroatoms. The third-order valence-electron chi connectivity index (χ3n) is 3.76. The normalized spacial score (nSPS) is 11.9. The number of rotatable bonds is 7. The largest absolute Gasteiger partial charge is 0.518 e. The second kappa shape index (κ2) is 10.4. The van der Waals surface area contributed by atoms with Crippen molar-refractivity contribution >= 4 is 85.3 Å². The van der Waals surface area contributed by atoms with E-state index in [4.69, 9.17) is 15.3 Å². The fourth-order valence-corrected chi connectivity index (χ4v) is 6.44. The maximum Gasteiger partial charge on any atom is 0.518 e. The molecule has 0 radical (unpaired) electrons. The molecule has 0 fully saturated rings. The second-order valence-electron chi connectivity index (χ2n) is 5.86. The summed E-state index contributed by atoms with van der Waals surface area (Å²) >= 11 is 5.76. The van der Waals surface area contributed by atoms with Crippen molar-refractivity contribution in [2.75, 3.05) is 25.9 Å². The van der Waals surface area contributed by atoms with Crippen LogP contribution in [-0.2, 0) is 6.54 Å². The van der Waals surface area contributed by atoms with Crippen LogP contribution in [0.2, 0.25) is 0 Å². The van der Waals surface area contributed by atoms with Gasteiger partial charge in [-0.2, -0.15) is 0 Å². The predicted octanol–water partition coefficient (Wildman–Crippen LogP) is 0.984. The summed E-state index contributed by atoms with van der Waals surface area (Å²) in [6, 6.07) is 0. The number of hydrogen-bond donors (Lipinski definition) is 4. The quantitative estimate of drug-likeness (QED) is 0.242. The van der Waals surface area contributed by atoms with Gasteiger partial charge in [0.25, 0.3) is 11.8 Å². The number of benzene rings is 1. The monoisotopic (exact) mass is 743 g/mol. The maximum absolute atomic E-state index is 12.9. The number of nitrogens with zero attached hydrogens (tertiary/aromatic N) is 1. The van der Waals surface area contributed by atoms with Gasteiger partial charge in [0.15, 0.2) is 5.76 Å². The van der Waals surface area contributed by atoms with E-state index in [-0.39, 0.29) is 35.7 Å². The van der Waals surface area contributed by atoms with Crippen LogP contribution in [0.15, 0.2) is 19.9 Å². The van der Waals surface area contributed by atoms with Crippen molar-refractivity contribution in [2.45, 2.75) is 12.6 Å². The average molecular weight is 743 g/mol. The number of nitrogen functional groups attached to an aromatic ring is 1. The van der Waals surface area contributed by atoms with Crippen LogP contribution < -0.4 is 16.9 Å². The van der Waals surface area contributed by atoms with E-state index in [1.807, 2.05) is 67.8 Å². The molecule has 0 aliphatic rings. The number of amides is 2. The van der Waals surface area contributed by atoms with Crippen LogP contribution in [0.5, 0.6) is 0 Å². The van der Waals surface area contributed by atoms with E-state index >= 15 is 0 Å². The van der Waals surface area contributed by atoms with Gasteiger partial charge in [-0.3, -0.25) is 9.59 Å². The average Bonchev–Trinajstić information content (AvgIpc) is 3.09. The lowest BCUT2D eigenvalue weighted by Gasteiger charge is -2.23. The van der Waals surface area contributed by atoms with Gasteiger partial charge in [0.1, 0.15) is 6.26 Å². The van der Waals surface area contributed by atoms with Crippen molar-refractivity contribution in [3.05, 3.63) is 44.5 Å². The molecule has 2 aromatic rings. The lowest BCUT2D eigenvalue weighted by atomic mass is 10.1. The predicted molar refractivity (Wildman–Crippen MR) is 127 cm³/mol. The van der Waals surface area contributed by atoms with Gasteiger partial charge in [0, 0.05) is 17.2 Å². The molecule has 5 N–H and O–H groups in total. The molecule has 1 heterocycles. The molecule has 2 rings (SSSR count). The number of nitrogens with one attached hydrogen (secondary N) is 1. The summed E-state index contributed by atoms with van der Waals surface area (Å²) in [5.41, 5.74) is 6.82. The molecule has 2 amide bonds. The first-order chi connectivity index (χ1) is 13.6. The SMILES string of the molecule is CN(CC(O)CO)C(=O)c1c(I)c(N)c(I)c(C(=O)NCc2coc(=O)o2)c1I.